The van der Waals surface area contributed by atoms with Gasteiger partial charge in [-0.3, -0.25) is 14.2 Å². The summed E-state index contributed by atoms with van der Waals surface area (Å²) in [6.07, 6.45) is 0. The molecule has 1 aromatic carbocycles. The smallest absolute Gasteiger partial charge is 0.293 e. The third-order valence-electron chi connectivity index (χ3n) is 4.90. The van der Waals surface area contributed by atoms with Gasteiger partial charge in [0.15, 0.2) is 22.7 Å². The van der Waals surface area contributed by atoms with Gasteiger partial charge in [-0.25, -0.2) is 13.8 Å². The van der Waals surface area contributed by atoms with Gasteiger partial charge < -0.3 is 9.42 Å². The number of pyridine rings is 2. The van der Waals surface area contributed by atoms with E-state index < -0.39 is 22.6 Å². The molecule has 0 amide bonds. The lowest BCUT2D eigenvalue weighted by Crippen LogP contribution is -2.34. The van der Waals surface area contributed by atoms with E-state index in [1.165, 1.54) is 28.8 Å². The van der Waals surface area contributed by atoms with E-state index in [9.17, 15) is 18.4 Å². The highest BCUT2D eigenvalue weighted by molar-refractivity contribution is 7.99. The Morgan fingerprint density at radius 3 is 2.55 bits per heavy atom. The van der Waals surface area contributed by atoms with Gasteiger partial charge in [0.25, 0.3) is 5.56 Å². The number of halogens is 2. The number of fused-ring (bicyclic) bond motifs is 2. The Morgan fingerprint density at radius 1 is 1.10 bits per heavy atom. The first-order valence-electron chi connectivity index (χ1n) is 8.89. The minimum Gasteiger partial charge on any atom is -0.359 e. The maximum Gasteiger partial charge on any atom is 0.293 e. The van der Waals surface area contributed by atoms with Crippen molar-refractivity contribution in [2.75, 3.05) is 29.5 Å². The maximum absolute atomic E-state index is 14.9. The monoisotopic (exact) mass is 416 g/mol. The molecule has 7 nitrogen and oxygen atoms in total. The van der Waals surface area contributed by atoms with Crippen molar-refractivity contribution in [2.24, 2.45) is 0 Å². The summed E-state index contributed by atoms with van der Waals surface area (Å²) in [6.45, 7) is 1.25. The minimum atomic E-state index is -0.722. The Kier molecular flexibility index (Phi) is 4.16. The first-order valence-corrected chi connectivity index (χ1v) is 10.0. The molecular formula is C19H14F2N4O3S. The van der Waals surface area contributed by atoms with Crippen LogP contribution in [0.2, 0.25) is 0 Å². The summed E-state index contributed by atoms with van der Waals surface area (Å²) >= 11 is 1.77. The standard InChI is InChI=1S/C19H14F2N4O3S/c20-10-1-3-11(4-2-10)25-16-12(15(26)14-18(27)23-28-19(14)25)9-13(21)17(22-16)24-5-7-29-8-6-24/h1-4,9H,5-8H2,(H,23,27). The average Bonchev–Trinajstić information content (AvgIpc) is 3.12. The number of hydrogen-bond acceptors (Lipinski definition) is 6. The highest BCUT2D eigenvalue weighted by Gasteiger charge is 2.24. The van der Waals surface area contributed by atoms with Crippen LogP contribution >= 0.6 is 11.8 Å². The number of aromatic nitrogens is 3. The van der Waals surface area contributed by atoms with E-state index in [0.717, 1.165) is 17.6 Å². The molecule has 0 unspecified atom stereocenters. The van der Waals surface area contributed by atoms with Crippen LogP contribution in [0.3, 0.4) is 0 Å². The Bertz CT molecular complexity index is 1350. The van der Waals surface area contributed by atoms with Gasteiger partial charge in [0.2, 0.25) is 11.1 Å². The van der Waals surface area contributed by atoms with Crippen molar-refractivity contribution in [1.29, 1.82) is 0 Å². The molecule has 1 N–H and O–H groups in total. The van der Waals surface area contributed by atoms with Gasteiger partial charge in [0, 0.05) is 24.6 Å². The molecule has 1 aliphatic heterocycles. The van der Waals surface area contributed by atoms with Crippen molar-refractivity contribution < 1.29 is 13.3 Å². The molecule has 3 aromatic heterocycles. The molecule has 0 bridgehead atoms. The zero-order chi connectivity index (χ0) is 20.1. The molecule has 29 heavy (non-hydrogen) atoms. The molecule has 0 aliphatic carbocycles. The lowest BCUT2D eigenvalue weighted by molar-refractivity contribution is 0.437. The molecule has 1 aliphatic rings. The van der Waals surface area contributed by atoms with Crippen LogP contribution in [0.25, 0.3) is 27.8 Å². The number of thioether (sulfide) groups is 1. The number of rotatable bonds is 2. The number of benzene rings is 1. The lowest BCUT2D eigenvalue weighted by Gasteiger charge is -2.28. The molecular weight excluding hydrogens is 402 g/mol. The zero-order valence-corrected chi connectivity index (χ0v) is 15.8. The summed E-state index contributed by atoms with van der Waals surface area (Å²) in [7, 11) is 0. The fraction of sp³-hybridized carbons (Fsp3) is 0.211. The van der Waals surface area contributed by atoms with Crippen LogP contribution in [0, 0.1) is 11.6 Å². The largest absolute Gasteiger partial charge is 0.359 e. The topological polar surface area (TPSA) is 84.1 Å². The summed E-state index contributed by atoms with van der Waals surface area (Å²) in [4.78, 5) is 31.3. The van der Waals surface area contributed by atoms with Crippen LogP contribution in [0.5, 0.6) is 0 Å². The molecule has 10 heteroatoms. The second-order valence-corrected chi connectivity index (χ2v) is 7.84. The van der Waals surface area contributed by atoms with Crippen LogP contribution in [0.4, 0.5) is 14.6 Å². The first kappa shape index (κ1) is 17.9. The van der Waals surface area contributed by atoms with E-state index in [1.807, 2.05) is 4.90 Å². The van der Waals surface area contributed by atoms with E-state index in [4.69, 9.17) is 4.52 Å². The van der Waals surface area contributed by atoms with E-state index >= 15 is 0 Å². The summed E-state index contributed by atoms with van der Waals surface area (Å²) in [6, 6.07) is 6.51. The quantitative estimate of drug-likeness (QED) is 0.541. The predicted octanol–water partition coefficient (Wildman–Crippen LogP) is 2.65. The van der Waals surface area contributed by atoms with Gasteiger partial charge in [-0.05, 0) is 30.3 Å². The van der Waals surface area contributed by atoms with Gasteiger partial charge in [0.05, 0.1) is 11.1 Å². The van der Waals surface area contributed by atoms with Crippen molar-refractivity contribution in [3.8, 4) is 5.69 Å². The second kappa shape index (κ2) is 6.73. The number of aromatic amines is 1. The lowest BCUT2D eigenvalue weighted by atomic mass is 10.2. The van der Waals surface area contributed by atoms with Crippen LogP contribution in [0.15, 0.2) is 44.4 Å². The average molecular weight is 416 g/mol. The van der Waals surface area contributed by atoms with E-state index in [2.05, 4.69) is 10.1 Å². The van der Waals surface area contributed by atoms with Crippen molar-refractivity contribution >= 4 is 39.7 Å². The number of hydrogen-bond donors (Lipinski definition) is 1. The molecule has 0 spiro atoms. The maximum atomic E-state index is 14.9. The van der Waals surface area contributed by atoms with Gasteiger partial charge in [0.1, 0.15) is 5.82 Å². The summed E-state index contributed by atoms with van der Waals surface area (Å²) in [5.74, 6) is 0.735. The Balaban J connectivity index is 1.90. The summed E-state index contributed by atoms with van der Waals surface area (Å²) in [5.41, 5.74) is -0.899. The van der Waals surface area contributed by atoms with Crippen molar-refractivity contribution in [3.63, 3.8) is 0 Å². The molecule has 0 atom stereocenters. The molecule has 0 saturated carbocycles. The SMILES string of the molecule is O=c1[nH]oc2c1c(=O)c1cc(F)c(N3CCSCC3)nc1n2-c1ccc(F)cc1. The molecule has 4 aromatic rings. The molecule has 5 rings (SSSR count). The van der Waals surface area contributed by atoms with Crippen LogP contribution in [-0.4, -0.2) is 39.3 Å². The molecule has 1 saturated heterocycles. The number of nitrogens with one attached hydrogen (secondary N) is 1. The molecule has 0 radical (unpaired) electrons. The van der Waals surface area contributed by atoms with Crippen molar-refractivity contribution in [1.82, 2.24) is 14.7 Å². The van der Waals surface area contributed by atoms with E-state index in [-0.39, 0.29) is 28.0 Å². The third kappa shape index (κ3) is 2.82. The number of anilines is 1. The second-order valence-electron chi connectivity index (χ2n) is 6.62. The van der Waals surface area contributed by atoms with Gasteiger partial charge in [-0.1, -0.05) is 0 Å². The highest BCUT2D eigenvalue weighted by atomic mass is 32.2. The molecule has 4 heterocycles. The summed E-state index contributed by atoms with van der Waals surface area (Å²) in [5, 5.41) is 1.85. The minimum absolute atomic E-state index is 0.0543. The van der Waals surface area contributed by atoms with Crippen LogP contribution in [0.1, 0.15) is 0 Å². The highest BCUT2D eigenvalue weighted by Crippen LogP contribution is 2.27. The number of H-pyrrole nitrogens is 1. The van der Waals surface area contributed by atoms with Crippen molar-refractivity contribution in [2.45, 2.75) is 0 Å². The predicted molar refractivity (Wildman–Crippen MR) is 107 cm³/mol. The van der Waals surface area contributed by atoms with E-state index in [1.54, 1.807) is 11.8 Å². The Labute approximate surface area is 165 Å². The van der Waals surface area contributed by atoms with E-state index in [0.29, 0.717) is 18.8 Å². The van der Waals surface area contributed by atoms with Gasteiger partial charge in [-0.15, -0.1) is 0 Å². The number of nitrogens with zero attached hydrogens (tertiary/aromatic N) is 3. The fourth-order valence-electron chi connectivity index (χ4n) is 3.52. The van der Waals surface area contributed by atoms with Gasteiger partial charge >= 0.3 is 0 Å². The zero-order valence-electron chi connectivity index (χ0n) is 14.9. The third-order valence-corrected chi connectivity index (χ3v) is 5.84. The molecule has 1 fully saturated rings. The molecule has 148 valence electrons. The van der Waals surface area contributed by atoms with Crippen LogP contribution in [-0.2, 0) is 0 Å². The Morgan fingerprint density at radius 2 is 1.83 bits per heavy atom. The summed E-state index contributed by atoms with van der Waals surface area (Å²) < 4.78 is 35.0. The Hall–Kier alpha value is -3.14. The van der Waals surface area contributed by atoms with Crippen LogP contribution < -0.4 is 15.9 Å². The van der Waals surface area contributed by atoms with Crippen molar-refractivity contribution in [3.05, 3.63) is 62.5 Å². The normalized spacial score (nSPS) is 14.8. The van der Waals surface area contributed by atoms with Gasteiger partial charge in [-0.2, -0.15) is 16.9 Å². The first-order chi connectivity index (χ1) is 14.0. The fourth-order valence-corrected chi connectivity index (χ4v) is 4.42.